The van der Waals surface area contributed by atoms with Crippen molar-refractivity contribution in [2.24, 2.45) is 0 Å². The van der Waals surface area contributed by atoms with Gasteiger partial charge in [-0.15, -0.1) is 0 Å². The highest BCUT2D eigenvalue weighted by Crippen LogP contribution is 2.43. The van der Waals surface area contributed by atoms with Crippen molar-refractivity contribution in [1.82, 2.24) is 20.2 Å². The zero-order valence-corrected chi connectivity index (χ0v) is 23.4. The van der Waals surface area contributed by atoms with Gasteiger partial charge < -0.3 is 20.1 Å². The summed E-state index contributed by atoms with van der Waals surface area (Å²) >= 11 is 0. The van der Waals surface area contributed by atoms with Gasteiger partial charge in [-0.1, -0.05) is 30.3 Å². The van der Waals surface area contributed by atoms with E-state index >= 15 is 0 Å². The Balaban J connectivity index is 1.26. The van der Waals surface area contributed by atoms with Gasteiger partial charge in [0, 0.05) is 43.5 Å². The molecular weight excluding hydrogens is 517 g/mol. The van der Waals surface area contributed by atoms with Gasteiger partial charge >= 0.3 is 6.01 Å². The van der Waals surface area contributed by atoms with E-state index in [1.165, 1.54) is 0 Å². The number of nitrogens with one attached hydrogen (secondary N) is 1. The lowest BCUT2D eigenvalue weighted by molar-refractivity contribution is 0.107. The fourth-order valence-electron chi connectivity index (χ4n) is 8.14. The van der Waals surface area contributed by atoms with Crippen molar-refractivity contribution in [3.8, 4) is 22.9 Å². The van der Waals surface area contributed by atoms with Gasteiger partial charge in [0.25, 0.3) is 0 Å². The number of phenols is 1. The van der Waals surface area contributed by atoms with Gasteiger partial charge in [-0.2, -0.15) is 9.97 Å². The Morgan fingerprint density at radius 2 is 1.88 bits per heavy atom. The van der Waals surface area contributed by atoms with Crippen molar-refractivity contribution in [3.05, 3.63) is 54.1 Å². The second-order valence-electron chi connectivity index (χ2n) is 12.5. The second kappa shape index (κ2) is 9.53. The summed E-state index contributed by atoms with van der Waals surface area (Å²) in [6.07, 6.45) is 4.02. The molecule has 41 heavy (non-hydrogen) atoms. The third-order valence-corrected chi connectivity index (χ3v) is 10.1. The number of nitrogens with zero attached hydrogens (tertiary/aromatic N) is 4. The number of halogens is 1. The fraction of sp³-hybridized carbons (Fsp3) is 0.455. The molecule has 0 saturated carbocycles. The third kappa shape index (κ3) is 4.06. The highest BCUT2D eigenvalue weighted by atomic mass is 19.1. The first-order chi connectivity index (χ1) is 20.0. The number of ether oxygens (including phenoxy) is 1. The van der Waals surface area contributed by atoms with Crippen molar-refractivity contribution in [1.29, 1.82) is 0 Å². The van der Waals surface area contributed by atoms with Crippen molar-refractivity contribution >= 4 is 27.5 Å². The highest BCUT2D eigenvalue weighted by molar-refractivity contribution is 6.02. The van der Waals surface area contributed by atoms with Crippen molar-refractivity contribution < 1.29 is 14.2 Å². The normalized spacial score (nSPS) is 27.7. The monoisotopic (exact) mass is 553 g/mol. The van der Waals surface area contributed by atoms with Gasteiger partial charge in [-0.3, -0.25) is 4.90 Å². The number of benzene rings is 3. The molecule has 2 bridgehead atoms. The van der Waals surface area contributed by atoms with Crippen LogP contribution in [0.4, 0.5) is 10.2 Å². The average Bonchev–Trinajstić information content (AvgIpc) is 3.58. The molecule has 1 aromatic heterocycles. The molecule has 8 rings (SSSR count). The van der Waals surface area contributed by atoms with Gasteiger partial charge in [0.2, 0.25) is 0 Å². The van der Waals surface area contributed by atoms with Crippen LogP contribution in [0.3, 0.4) is 0 Å². The molecule has 7 nitrogen and oxygen atoms in total. The maximum Gasteiger partial charge on any atom is 0.319 e. The minimum absolute atomic E-state index is 0.242. The first-order valence-electron chi connectivity index (χ1n) is 15.0. The lowest BCUT2D eigenvalue weighted by Gasteiger charge is -2.37. The first-order valence-corrected chi connectivity index (χ1v) is 15.0. The van der Waals surface area contributed by atoms with Gasteiger partial charge in [0.1, 0.15) is 24.3 Å². The Bertz CT molecular complexity index is 1650. The highest BCUT2D eigenvalue weighted by Gasteiger charge is 2.49. The Labute approximate surface area is 239 Å². The van der Waals surface area contributed by atoms with Crippen LogP contribution in [0.2, 0.25) is 0 Å². The smallest absolute Gasteiger partial charge is 0.319 e. The zero-order valence-electron chi connectivity index (χ0n) is 23.4. The maximum absolute atomic E-state index is 14.5. The van der Waals surface area contributed by atoms with Crippen molar-refractivity contribution in [2.75, 3.05) is 37.7 Å². The number of phenolic OH excluding ortho intramolecular Hbond substituents is 1. The number of rotatable bonds is 5. The van der Waals surface area contributed by atoms with Crippen LogP contribution in [-0.2, 0) is 0 Å². The number of alkyl halides is 1. The molecule has 0 radical (unpaired) electrons. The quantitative estimate of drug-likeness (QED) is 0.345. The van der Waals surface area contributed by atoms with Gasteiger partial charge in [-0.25, -0.2) is 4.39 Å². The number of hydrogen-bond acceptors (Lipinski definition) is 7. The van der Waals surface area contributed by atoms with Gasteiger partial charge in [0.05, 0.1) is 11.1 Å². The van der Waals surface area contributed by atoms with E-state index in [0.29, 0.717) is 37.7 Å². The molecule has 3 aromatic carbocycles. The van der Waals surface area contributed by atoms with E-state index in [1.54, 1.807) is 6.07 Å². The summed E-state index contributed by atoms with van der Waals surface area (Å²) in [6, 6.07) is 17.2. The molecule has 4 aromatic rings. The topological polar surface area (TPSA) is 73.8 Å². The molecule has 0 amide bonds. The number of piperazine rings is 1. The predicted molar refractivity (Wildman–Crippen MR) is 160 cm³/mol. The lowest BCUT2D eigenvalue weighted by atomic mass is 9.93. The molecule has 212 valence electrons. The van der Waals surface area contributed by atoms with E-state index < -0.39 is 6.17 Å². The van der Waals surface area contributed by atoms with Crippen LogP contribution in [0.5, 0.6) is 11.8 Å². The summed E-state index contributed by atoms with van der Waals surface area (Å²) in [4.78, 5) is 14.9. The molecule has 2 N–H and O–H groups in total. The number of aromatic nitrogens is 2. The number of fused-ring (bicyclic) bond motifs is 5. The number of hydrogen-bond donors (Lipinski definition) is 2. The molecule has 5 heterocycles. The van der Waals surface area contributed by atoms with E-state index in [-0.39, 0.29) is 11.3 Å². The van der Waals surface area contributed by atoms with E-state index in [1.807, 2.05) is 24.3 Å². The number of aryl methyl sites for hydroxylation is 1. The molecule has 0 spiro atoms. The first kappa shape index (κ1) is 25.2. The molecule has 4 aliphatic heterocycles. The van der Waals surface area contributed by atoms with Crippen LogP contribution in [0, 0.1) is 6.92 Å². The number of anilines is 1. The van der Waals surface area contributed by atoms with Gasteiger partial charge in [0.15, 0.2) is 0 Å². The van der Waals surface area contributed by atoms with Gasteiger partial charge in [-0.05, 0) is 84.8 Å². The molecule has 8 heteroatoms. The summed E-state index contributed by atoms with van der Waals surface area (Å²) < 4.78 is 20.9. The van der Waals surface area contributed by atoms with Crippen LogP contribution in [0.15, 0.2) is 48.5 Å². The molecule has 0 aliphatic carbocycles. The standard InChI is InChI=1S/C33H36FN5O2/c1-20-26(29-14-25(40)13-21-5-2-3-6-27(21)29)9-10-28-30(20)36-32(37-31(28)39-23-7-8-24(39)17-35-16-23)41-19-33-11-4-12-38(33)18-22(34)15-33/h2-3,5-6,9-10,13-14,22-24,35,40H,4,7-8,11-12,15-19H2,1H3/t22-,23-,24+,33+/m1/s1. The van der Waals surface area contributed by atoms with Crippen LogP contribution >= 0.6 is 0 Å². The molecule has 0 unspecified atom stereocenters. The SMILES string of the molecule is Cc1c(-c2cc(O)cc3ccccc23)ccc2c(N3[C@@H]4CC[C@H]3CNC4)nc(OC[C@@]34CCCN3C[C@H](F)C4)nc12. The molecule has 4 aliphatic rings. The largest absolute Gasteiger partial charge is 0.508 e. The van der Waals surface area contributed by atoms with E-state index in [9.17, 15) is 9.50 Å². The zero-order chi connectivity index (χ0) is 27.7. The van der Waals surface area contributed by atoms with Crippen LogP contribution < -0.4 is 15.0 Å². The van der Waals surface area contributed by atoms with Crippen LogP contribution in [0.25, 0.3) is 32.8 Å². The molecule has 4 atom stereocenters. The van der Waals surface area contributed by atoms with E-state index in [0.717, 1.165) is 89.5 Å². The Morgan fingerprint density at radius 1 is 1.05 bits per heavy atom. The fourth-order valence-corrected chi connectivity index (χ4v) is 8.14. The minimum atomic E-state index is -0.801. The molecular formula is C33H36FN5O2. The average molecular weight is 554 g/mol. The molecule has 4 saturated heterocycles. The van der Waals surface area contributed by atoms with Crippen LogP contribution in [-0.4, -0.2) is 76.6 Å². The summed E-state index contributed by atoms with van der Waals surface area (Å²) in [5.41, 5.74) is 3.64. The lowest BCUT2D eigenvalue weighted by Crippen LogP contribution is -2.52. The third-order valence-electron chi connectivity index (χ3n) is 10.1. The summed E-state index contributed by atoms with van der Waals surface area (Å²) in [6.45, 7) is 5.82. The predicted octanol–water partition coefficient (Wildman–Crippen LogP) is 5.36. The summed E-state index contributed by atoms with van der Waals surface area (Å²) in [5.74, 6) is 1.18. The maximum atomic E-state index is 14.5. The van der Waals surface area contributed by atoms with Crippen molar-refractivity contribution in [3.63, 3.8) is 0 Å². The second-order valence-corrected chi connectivity index (χ2v) is 12.5. The Morgan fingerprint density at radius 3 is 2.73 bits per heavy atom. The number of aromatic hydroxyl groups is 1. The molecule has 4 fully saturated rings. The van der Waals surface area contributed by atoms with E-state index in [4.69, 9.17) is 14.7 Å². The van der Waals surface area contributed by atoms with Crippen molar-refractivity contribution in [2.45, 2.75) is 62.8 Å². The summed E-state index contributed by atoms with van der Waals surface area (Å²) in [7, 11) is 0. The summed E-state index contributed by atoms with van der Waals surface area (Å²) in [5, 5.41) is 17.3. The Kier molecular flexibility index (Phi) is 5.87. The van der Waals surface area contributed by atoms with E-state index in [2.05, 4.69) is 40.2 Å². The van der Waals surface area contributed by atoms with Crippen LogP contribution in [0.1, 0.15) is 37.7 Å². The minimum Gasteiger partial charge on any atom is -0.508 e. The Hall–Kier alpha value is -3.49.